The van der Waals surface area contributed by atoms with Gasteiger partial charge >= 0.3 is 0 Å². The Labute approximate surface area is 76.4 Å². The normalized spacial score (nSPS) is 20.7. The second kappa shape index (κ2) is 3.00. The van der Waals surface area contributed by atoms with Crippen LogP contribution in [-0.4, -0.2) is 17.8 Å². The monoisotopic (exact) mass is 181 g/mol. The quantitative estimate of drug-likeness (QED) is 0.635. The number of aliphatic hydroxyl groups excluding tert-OH is 1. The summed E-state index contributed by atoms with van der Waals surface area (Å²) in [6.45, 7) is 2.42. The number of halogens is 1. The van der Waals surface area contributed by atoms with Gasteiger partial charge in [0.25, 0.3) is 0 Å². The number of aryl methyl sites for hydroxylation is 1. The SMILES string of the molecule is Cc1cc(F)cc2c1NCC(O)C2. The number of rotatable bonds is 0. The van der Waals surface area contributed by atoms with Gasteiger partial charge in [-0.3, -0.25) is 0 Å². The molecule has 0 aromatic heterocycles. The van der Waals surface area contributed by atoms with Gasteiger partial charge in [-0.05, 0) is 30.2 Å². The van der Waals surface area contributed by atoms with Crippen LogP contribution in [0.3, 0.4) is 0 Å². The van der Waals surface area contributed by atoms with Crippen LogP contribution in [0.2, 0.25) is 0 Å². The van der Waals surface area contributed by atoms with Gasteiger partial charge in [0.2, 0.25) is 0 Å². The van der Waals surface area contributed by atoms with Crippen LogP contribution in [-0.2, 0) is 6.42 Å². The lowest BCUT2D eigenvalue weighted by Crippen LogP contribution is -2.28. The highest BCUT2D eigenvalue weighted by atomic mass is 19.1. The van der Waals surface area contributed by atoms with Crippen molar-refractivity contribution in [3.8, 4) is 0 Å². The van der Waals surface area contributed by atoms with Gasteiger partial charge in [-0.25, -0.2) is 4.39 Å². The maximum atomic E-state index is 13.0. The zero-order valence-electron chi connectivity index (χ0n) is 7.47. The van der Waals surface area contributed by atoms with E-state index in [1.54, 1.807) is 0 Å². The third-order valence-corrected chi connectivity index (χ3v) is 2.35. The Bertz CT molecular complexity index is 338. The highest BCUT2D eigenvalue weighted by Gasteiger charge is 2.17. The molecule has 70 valence electrons. The molecule has 2 N–H and O–H groups in total. The number of β-amino-alcohol motifs (C(OH)–C–C–N with tert-alkyl or cyclic N) is 1. The molecule has 0 aliphatic carbocycles. The van der Waals surface area contributed by atoms with E-state index in [-0.39, 0.29) is 5.82 Å². The minimum atomic E-state index is -0.395. The van der Waals surface area contributed by atoms with Crippen molar-refractivity contribution in [2.24, 2.45) is 0 Å². The van der Waals surface area contributed by atoms with Crippen LogP contribution in [0, 0.1) is 12.7 Å². The minimum absolute atomic E-state index is 0.229. The number of hydrogen-bond acceptors (Lipinski definition) is 2. The fourth-order valence-corrected chi connectivity index (χ4v) is 1.77. The van der Waals surface area contributed by atoms with Gasteiger partial charge in [0, 0.05) is 18.7 Å². The molecule has 0 radical (unpaired) electrons. The van der Waals surface area contributed by atoms with Crippen molar-refractivity contribution in [2.75, 3.05) is 11.9 Å². The standard InChI is InChI=1S/C10H12FNO/c1-6-2-8(11)3-7-4-9(13)5-12-10(6)7/h2-3,9,12-13H,4-5H2,1H3. The number of benzene rings is 1. The van der Waals surface area contributed by atoms with Gasteiger partial charge < -0.3 is 10.4 Å². The maximum Gasteiger partial charge on any atom is 0.123 e. The molecule has 0 fully saturated rings. The third kappa shape index (κ3) is 1.52. The van der Waals surface area contributed by atoms with Crippen molar-refractivity contribution in [1.82, 2.24) is 0 Å². The van der Waals surface area contributed by atoms with E-state index in [1.165, 1.54) is 12.1 Å². The lowest BCUT2D eigenvalue weighted by atomic mass is 9.98. The molecule has 1 aromatic carbocycles. The largest absolute Gasteiger partial charge is 0.391 e. The summed E-state index contributed by atoms with van der Waals surface area (Å²) in [6, 6.07) is 2.99. The number of hydrogen-bond donors (Lipinski definition) is 2. The van der Waals surface area contributed by atoms with E-state index in [9.17, 15) is 9.50 Å². The van der Waals surface area contributed by atoms with E-state index in [0.717, 1.165) is 16.8 Å². The van der Waals surface area contributed by atoms with Crippen molar-refractivity contribution in [3.05, 3.63) is 29.1 Å². The summed E-state index contributed by atoms with van der Waals surface area (Å²) in [5, 5.41) is 12.4. The molecule has 0 bridgehead atoms. The van der Waals surface area contributed by atoms with Crippen LogP contribution in [0.1, 0.15) is 11.1 Å². The molecule has 0 saturated carbocycles. The van der Waals surface area contributed by atoms with Gasteiger partial charge in [-0.1, -0.05) is 0 Å². The van der Waals surface area contributed by atoms with Gasteiger partial charge in [-0.15, -0.1) is 0 Å². The summed E-state index contributed by atoms with van der Waals surface area (Å²) in [5.74, 6) is -0.229. The fourth-order valence-electron chi connectivity index (χ4n) is 1.77. The molecule has 1 unspecified atom stereocenters. The van der Waals surface area contributed by atoms with Crippen LogP contribution >= 0.6 is 0 Å². The predicted octanol–water partition coefficient (Wildman–Crippen LogP) is 1.46. The molecule has 1 aromatic rings. The summed E-state index contributed by atoms with van der Waals surface area (Å²) >= 11 is 0. The smallest absolute Gasteiger partial charge is 0.123 e. The number of nitrogens with one attached hydrogen (secondary N) is 1. The predicted molar refractivity (Wildman–Crippen MR) is 49.3 cm³/mol. The van der Waals surface area contributed by atoms with Gasteiger partial charge in [-0.2, -0.15) is 0 Å². The Morgan fingerprint density at radius 3 is 3.08 bits per heavy atom. The Morgan fingerprint density at radius 2 is 2.31 bits per heavy atom. The summed E-state index contributed by atoms with van der Waals surface area (Å²) in [5.41, 5.74) is 2.75. The molecular weight excluding hydrogens is 169 g/mol. The lowest BCUT2D eigenvalue weighted by Gasteiger charge is -2.24. The topological polar surface area (TPSA) is 32.3 Å². The average molecular weight is 181 g/mol. The lowest BCUT2D eigenvalue weighted by molar-refractivity contribution is 0.184. The molecule has 13 heavy (non-hydrogen) atoms. The van der Waals surface area contributed by atoms with E-state index < -0.39 is 6.10 Å². The van der Waals surface area contributed by atoms with Crippen molar-refractivity contribution in [3.63, 3.8) is 0 Å². The molecule has 2 rings (SSSR count). The third-order valence-electron chi connectivity index (χ3n) is 2.35. The second-order valence-electron chi connectivity index (χ2n) is 3.50. The molecule has 1 aliphatic heterocycles. The summed E-state index contributed by atoms with van der Waals surface area (Å²) in [7, 11) is 0. The van der Waals surface area contributed by atoms with Crippen molar-refractivity contribution in [1.29, 1.82) is 0 Å². The van der Waals surface area contributed by atoms with E-state index in [4.69, 9.17) is 0 Å². The van der Waals surface area contributed by atoms with Crippen molar-refractivity contribution < 1.29 is 9.50 Å². The average Bonchev–Trinajstić information content (AvgIpc) is 2.02. The molecule has 3 heteroatoms. The van der Waals surface area contributed by atoms with Gasteiger partial charge in [0.1, 0.15) is 5.82 Å². The molecule has 1 atom stereocenters. The first-order valence-corrected chi connectivity index (χ1v) is 4.38. The van der Waals surface area contributed by atoms with E-state index in [2.05, 4.69) is 5.32 Å². The molecule has 2 nitrogen and oxygen atoms in total. The Hall–Kier alpha value is -1.09. The number of anilines is 1. The van der Waals surface area contributed by atoms with Crippen LogP contribution in [0.4, 0.5) is 10.1 Å². The van der Waals surface area contributed by atoms with Crippen LogP contribution < -0.4 is 5.32 Å². The Morgan fingerprint density at radius 1 is 1.54 bits per heavy atom. The summed E-state index contributed by atoms with van der Waals surface area (Å²) in [6.07, 6.45) is 0.148. The molecular formula is C10H12FNO. The molecule has 0 amide bonds. The minimum Gasteiger partial charge on any atom is -0.391 e. The first-order chi connectivity index (χ1) is 6.16. The number of aliphatic hydroxyl groups is 1. The Kier molecular flexibility index (Phi) is 1.96. The van der Waals surface area contributed by atoms with Gasteiger partial charge in [0.15, 0.2) is 0 Å². The van der Waals surface area contributed by atoms with E-state index >= 15 is 0 Å². The molecule has 1 heterocycles. The first-order valence-electron chi connectivity index (χ1n) is 4.38. The first kappa shape index (κ1) is 8.51. The highest BCUT2D eigenvalue weighted by molar-refractivity contribution is 5.59. The van der Waals surface area contributed by atoms with Crippen LogP contribution in [0.25, 0.3) is 0 Å². The second-order valence-corrected chi connectivity index (χ2v) is 3.50. The number of fused-ring (bicyclic) bond motifs is 1. The van der Waals surface area contributed by atoms with Crippen LogP contribution in [0.5, 0.6) is 0 Å². The summed E-state index contributed by atoms with van der Waals surface area (Å²) in [4.78, 5) is 0. The van der Waals surface area contributed by atoms with Gasteiger partial charge in [0.05, 0.1) is 6.10 Å². The van der Waals surface area contributed by atoms with E-state index in [0.29, 0.717) is 13.0 Å². The maximum absolute atomic E-state index is 13.0. The molecule has 1 aliphatic rings. The Balaban J connectivity index is 2.47. The van der Waals surface area contributed by atoms with Crippen LogP contribution in [0.15, 0.2) is 12.1 Å². The van der Waals surface area contributed by atoms with E-state index in [1.807, 2.05) is 6.92 Å². The molecule has 0 saturated heterocycles. The zero-order valence-corrected chi connectivity index (χ0v) is 7.47. The fraction of sp³-hybridized carbons (Fsp3) is 0.400. The highest BCUT2D eigenvalue weighted by Crippen LogP contribution is 2.26. The van der Waals surface area contributed by atoms with Crippen molar-refractivity contribution >= 4 is 5.69 Å². The van der Waals surface area contributed by atoms with Crippen molar-refractivity contribution in [2.45, 2.75) is 19.4 Å². The zero-order chi connectivity index (χ0) is 9.42. The molecule has 0 spiro atoms. The summed E-state index contributed by atoms with van der Waals surface area (Å²) < 4.78 is 13.0.